The number of anilines is 4. The molecular weight excluding hydrogens is 372 g/mol. The molecule has 0 heterocycles. The van der Waals surface area contributed by atoms with Gasteiger partial charge in [0, 0.05) is 46.0 Å². The number of nitrogen functional groups attached to an aromatic ring is 2. The summed E-state index contributed by atoms with van der Waals surface area (Å²) in [4.78, 5) is 1.47. The lowest BCUT2D eigenvalue weighted by Crippen LogP contribution is -2.40. The highest BCUT2D eigenvalue weighted by molar-refractivity contribution is 5.69. The highest BCUT2D eigenvalue weighted by Crippen LogP contribution is 2.36. The number of benzene rings is 2. The first kappa shape index (κ1) is 22.8. The lowest BCUT2D eigenvalue weighted by Gasteiger charge is -2.31. The number of aliphatic hydroxyl groups excluding tert-OH is 4. The van der Waals surface area contributed by atoms with Gasteiger partial charge < -0.3 is 42.1 Å². The van der Waals surface area contributed by atoms with Gasteiger partial charge in [0.15, 0.2) is 0 Å². The molecule has 9 N–H and O–H groups in total. The van der Waals surface area contributed by atoms with Crippen LogP contribution in [0.5, 0.6) is 0 Å². The van der Waals surface area contributed by atoms with Crippen LogP contribution < -0.4 is 21.7 Å². The van der Waals surface area contributed by atoms with Gasteiger partial charge in [-0.1, -0.05) is 6.07 Å². The van der Waals surface area contributed by atoms with Gasteiger partial charge in [0.25, 0.3) is 0 Å². The van der Waals surface area contributed by atoms with Crippen LogP contribution in [0, 0.1) is 0 Å². The highest BCUT2D eigenvalue weighted by Gasteiger charge is 2.21. The van der Waals surface area contributed by atoms with Crippen LogP contribution in [0.25, 0.3) is 0 Å². The van der Waals surface area contributed by atoms with Crippen molar-refractivity contribution in [2.24, 2.45) is 0 Å². The second kappa shape index (κ2) is 9.32. The van der Waals surface area contributed by atoms with Gasteiger partial charge in [-0.2, -0.15) is 0 Å². The Labute approximate surface area is 171 Å². The standard InChI is InChI=1S/C21H32N4O4/c1-11(26)17-9-19(22)18(20(12(2)27)21(17)23)10-24-15-6-5-7-16(8-15)25(13(3)28)14(4)29/h5-9,11-14,24,26-29H,10,22-23H2,1-4H3. The van der Waals surface area contributed by atoms with Crippen LogP contribution in [-0.4, -0.2) is 32.9 Å². The SMILES string of the molecule is CC(O)c1cc(N)c(CNc2cccc(N(C(C)O)C(C)O)c2)c(C(C)O)c1N. The van der Waals surface area contributed by atoms with E-state index in [0.29, 0.717) is 40.3 Å². The van der Waals surface area contributed by atoms with Crippen molar-refractivity contribution >= 4 is 22.7 Å². The van der Waals surface area contributed by atoms with Gasteiger partial charge in [-0.3, -0.25) is 0 Å². The third-order valence-electron chi connectivity index (χ3n) is 4.87. The molecule has 2 rings (SSSR count). The Morgan fingerprint density at radius 1 is 0.931 bits per heavy atom. The summed E-state index contributed by atoms with van der Waals surface area (Å²) in [5, 5.41) is 43.3. The minimum atomic E-state index is -0.865. The minimum absolute atomic E-state index is 0.295. The summed E-state index contributed by atoms with van der Waals surface area (Å²) in [5.41, 5.74) is 16.1. The summed E-state index contributed by atoms with van der Waals surface area (Å²) in [7, 11) is 0. The number of hydrogen-bond donors (Lipinski definition) is 7. The maximum absolute atomic E-state index is 10.2. The molecule has 0 amide bonds. The third-order valence-corrected chi connectivity index (χ3v) is 4.87. The van der Waals surface area contributed by atoms with Crippen LogP contribution in [0.15, 0.2) is 30.3 Å². The molecule has 0 spiro atoms. The molecule has 0 fully saturated rings. The Balaban J connectivity index is 2.35. The highest BCUT2D eigenvalue weighted by atomic mass is 16.3. The van der Waals surface area contributed by atoms with Crippen LogP contribution in [-0.2, 0) is 6.54 Å². The maximum Gasteiger partial charge on any atom is 0.126 e. The molecule has 160 valence electrons. The Hall–Kier alpha value is -2.52. The van der Waals surface area contributed by atoms with E-state index in [9.17, 15) is 20.4 Å². The minimum Gasteiger partial charge on any atom is -0.398 e. The molecule has 0 saturated carbocycles. The third kappa shape index (κ3) is 5.10. The Morgan fingerprint density at radius 3 is 2.07 bits per heavy atom. The van der Waals surface area contributed by atoms with Crippen LogP contribution in [0.3, 0.4) is 0 Å². The molecule has 0 aliphatic rings. The van der Waals surface area contributed by atoms with Gasteiger partial charge in [-0.15, -0.1) is 0 Å². The molecule has 0 aliphatic heterocycles. The van der Waals surface area contributed by atoms with Gasteiger partial charge in [0.05, 0.1) is 12.2 Å². The molecule has 4 atom stereocenters. The lowest BCUT2D eigenvalue weighted by atomic mass is 9.93. The van der Waals surface area contributed by atoms with Gasteiger partial charge >= 0.3 is 0 Å². The smallest absolute Gasteiger partial charge is 0.126 e. The average molecular weight is 405 g/mol. The van der Waals surface area contributed by atoms with E-state index in [1.807, 2.05) is 6.07 Å². The first-order valence-electron chi connectivity index (χ1n) is 9.59. The molecule has 0 bridgehead atoms. The van der Waals surface area contributed by atoms with E-state index >= 15 is 0 Å². The van der Waals surface area contributed by atoms with E-state index in [-0.39, 0.29) is 0 Å². The Morgan fingerprint density at radius 2 is 1.55 bits per heavy atom. The van der Waals surface area contributed by atoms with Crippen molar-refractivity contribution in [1.29, 1.82) is 0 Å². The van der Waals surface area contributed by atoms with Crippen molar-refractivity contribution in [3.05, 3.63) is 47.0 Å². The molecule has 8 nitrogen and oxygen atoms in total. The lowest BCUT2D eigenvalue weighted by molar-refractivity contribution is 0.105. The van der Waals surface area contributed by atoms with Crippen molar-refractivity contribution in [2.45, 2.75) is 58.9 Å². The Bertz CT molecular complexity index is 830. The molecule has 2 aromatic rings. The van der Waals surface area contributed by atoms with E-state index in [1.54, 1.807) is 52.0 Å². The first-order chi connectivity index (χ1) is 13.5. The zero-order valence-corrected chi connectivity index (χ0v) is 17.3. The van der Waals surface area contributed by atoms with E-state index in [0.717, 1.165) is 5.69 Å². The van der Waals surface area contributed by atoms with E-state index in [1.165, 1.54) is 4.90 Å². The van der Waals surface area contributed by atoms with Gasteiger partial charge in [0.2, 0.25) is 0 Å². The van der Waals surface area contributed by atoms with Crippen molar-refractivity contribution in [2.75, 3.05) is 21.7 Å². The van der Waals surface area contributed by atoms with Crippen molar-refractivity contribution in [1.82, 2.24) is 0 Å². The van der Waals surface area contributed by atoms with E-state index in [2.05, 4.69) is 5.32 Å². The fourth-order valence-electron chi connectivity index (χ4n) is 3.54. The summed E-state index contributed by atoms with van der Waals surface area (Å²) < 4.78 is 0. The first-order valence-corrected chi connectivity index (χ1v) is 9.59. The van der Waals surface area contributed by atoms with E-state index < -0.39 is 24.7 Å². The van der Waals surface area contributed by atoms with Crippen molar-refractivity contribution < 1.29 is 20.4 Å². The molecule has 0 aromatic heterocycles. The topological polar surface area (TPSA) is 148 Å². The van der Waals surface area contributed by atoms with Crippen molar-refractivity contribution in [3.8, 4) is 0 Å². The molecule has 2 aromatic carbocycles. The quantitative estimate of drug-likeness (QED) is 0.261. The summed E-state index contributed by atoms with van der Waals surface area (Å²) in [6.45, 7) is 6.65. The van der Waals surface area contributed by atoms with Crippen LogP contribution in [0.2, 0.25) is 0 Å². The maximum atomic E-state index is 10.2. The second-order valence-corrected chi connectivity index (χ2v) is 7.29. The van der Waals surface area contributed by atoms with Gasteiger partial charge in [-0.05, 0) is 52.0 Å². The fraction of sp³-hybridized carbons (Fsp3) is 0.429. The number of hydrogen-bond acceptors (Lipinski definition) is 8. The fourth-order valence-corrected chi connectivity index (χ4v) is 3.54. The summed E-state index contributed by atoms with van der Waals surface area (Å²) in [6.07, 6.45) is -3.40. The zero-order chi connectivity index (χ0) is 21.9. The predicted octanol–water partition coefficient (Wildman–Crippen LogP) is 2.05. The van der Waals surface area contributed by atoms with Crippen LogP contribution in [0.4, 0.5) is 22.7 Å². The molecular formula is C21H32N4O4. The molecule has 0 radical (unpaired) electrons. The number of rotatable bonds is 8. The largest absolute Gasteiger partial charge is 0.398 e. The van der Waals surface area contributed by atoms with Crippen LogP contribution >= 0.6 is 0 Å². The monoisotopic (exact) mass is 404 g/mol. The predicted molar refractivity (Wildman–Crippen MR) is 116 cm³/mol. The Kier molecular flexibility index (Phi) is 7.32. The van der Waals surface area contributed by atoms with Crippen molar-refractivity contribution in [3.63, 3.8) is 0 Å². The summed E-state index contributed by atoms with van der Waals surface area (Å²) in [6, 6.07) is 8.86. The number of aliphatic hydroxyl groups is 4. The average Bonchev–Trinajstić information content (AvgIpc) is 2.61. The van der Waals surface area contributed by atoms with Gasteiger partial charge in [0.1, 0.15) is 12.5 Å². The summed E-state index contributed by atoms with van der Waals surface area (Å²) in [5.74, 6) is 0. The zero-order valence-electron chi connectivity index (χ0n) is 17.3. The summed E-state index contributed by atoms with van der Waals surface area (Å²) >= 11 is 0. The van der Waals surface area contributed by atoms with Crippen LogP contribution in [0.1, 0.15) is 56.6 Å². The molecule has 0 aliphatic carbocycles. The molecule has 4 unspecified atom stereocenters. The van der Waals surface area contributed by atoms with Gasteiger partial charge in [-0.25, -0.2) is 0 Å². The molecule has 29 heavy (non-hydrogen) atoms. The number of nitrogens with two attached hydrogens (primary N) is 2. The molecule has 8 heteroatoms. The number of nitrogens with zero attached hydrogens (tertiary/aromatic N) is 1. The molecule has 0 saturated heterocycles. The second-order valence-electron chi connectivity index (χ2n) is 7.29. The van der Waals surface area contributed by atoms with E-state index in [4.69, 9.17) is 11.5 Å². The number of nitrogens with one attached hydrogen (secondary N) is 1. The normalized spacial score (nSPS) is 15.4.